The zero-order chi connectivity index (χ0) is 11.7. The fraction of sp³-hybridized carbons (Fsp3) is 0.364. The van der Waals surface area contributed by atoms with Crippen molar-refractivity contribution in [1.82, 2.24) is 14.6 Å². The standard InChI is InChI=1S/C11H13N3O2/c1-7(5-11(15)16)9-3-4-14-10(6-9)12-8(2)13-14/h3-4,6-7H,5H2,1-2H3,(H,15,16). The third-order valence-corrected chi connectivity index (χ3v) is 2.52. The van der Waals surface area contributed by atoms with Crippen LogP contribution in [0.2, 0.25) is 0 Å². The molecule has 0 radical (unpaired) electrons. The number of rotatable bonds is 3. The molecular weight excluding hydrogens is 206 g/mol. The van der Waals surface area contributed by atoms with Gasteiger partial charge in [-0.15, -0.1) is 0 Å². The summed E-state index contributed by atoms with van der Waals surface area (Å²) in [6.07, 6.45) is 1.94. The molecule has 0 saturated carbocycles. The molecule has 0 aliphatic rings. The molecule has 1 N–H and O–H groups in total. The number of fused-ring (bicyclic) bond motifs is 1. The minimum Gasteiger partial charge on any atom is -0.481 e. The fourth-order valence-corrected chi connectivity index (χ4v) is 1.69. The predicted molar refractivity (Wildman–Crippen MR) is 58.4 cm³/mol. The topological polar surface area (TPSA) is 67.5 Å². The largest absolute Gasteiger partial charge is 0.481 e. The number of aryl methyl sites for hydroxylation is 1. The molecule has 5 heteroatoms. The minimum atomic E-state index is -0.787. The lowest BCUT2D eigenvalue weighted by molar-refractivity contribution is -0.137. The molecule has 2 rings (SSSR count). The van der Waals surface area contributed by atoms with Crippen molar-refractivity contribution in [3.63, 3.8) is 0 Å². The van der Waals surface area contributed by atoms with Crippen molar-refractivity contribution in [3.05, 3.63) is 29.7 Å². The summed E-state index contributed by atoms with van der Waals surface area (Å²) >= 11 is 0. The highest BCUT2D eigenvalue weighted by Gasteiger charge is 2.11. The Kier molecular flexibility index (Phi) is 2.60. The molecule has 1 atom stereocenters. The van der Waals surface area contributed by atoms with Crippen molar-refractivity contribution < 1.29 is 9.90 Å². The minimum absolute atomic E-state index is 0.0143. The first-order valence-electron chi connectivity index (χ1n) is 5.11. The number of aromatic nitrogens is 3. The third-order valence-electron chi connectivity index (χ3n) is 2.52. The van der Waals surface area contributed by atoms with E-state index in [1.165, 1.54) is 0 Å². The van der Waals surface area contributed by atoms with Crippen LogP contribution < -0.4 is 0 Å². The van der Waals surface area contributed by atoms with E-state index < -0.39 is 5.97 Å². The first-order chi connectivity index (χ1) is 7.56. The maximum absolute atomic E-state index is 10.6. The molecule has 0 bridgehead atoms. The van der Waals surface area contributed by atoms with Gasteiger partial charge >= 0.3 is 5.97 Å². The monoisotopic (exact) mass is 219 g/mol. The Morgan fingerprint density at radius 2 is 2.38 bits per heavy atom. The number of hydrogen-bond donors (Lipinski definition) is 1. The first-order valence-corrected chi connectivity index (χ1v) is 5.11. The molecule has 5 nitrogen and oxygen atoms in total. The number of hydrogen-bond acceptors (Lipinski definition) is 3. The van der Waals surface area contributed by atoms with Crippen LogP contribution in [-0.4, -0.2) is 25.7 Å². The zero-order valence-corrected chi connectivity index (χ0v) is 9.21. The Morgan fingerprint density at radius 1 is 1.62 bits per heavy atom. The normalized spacial score (nSPS) is 12.9. The van der Waals surface area contributed by atoms with Crippen molar-refractivity contribution in [3.8, 4) is 0 Å². The highest BCUT2D eigenvalue weighted by molar-refractivity contribution is 5.68. The zero-order valence-electron chi connectivity index (χ0n) is 9.21. The van der Waals surface area contributed by atoms with E-state index in [0.717, 1.165) is 11.2 Å². The second kappa shape index (κ2) is 3.92. The van der Waals surface area contributed by atoms with E-state index in [2.05, 4.69) is 10.1 Å². The average molecular weight is 219 g/mol. The molecule has 16 heavy (non-hydrogen) atoms. The van der Waals surface area contributed by atoms with Crippen molar-refractivity contribution in [2.24, 2.45) is 0 Å². The molecule has 0 aromatic carbocycles. The molecule has 84 valence electrons. The fourth-order valence-electron chi connectivity index (χ4n) is 1.69. The molecule has 0 spiro atoms. The number of aliphatic carboxylic acids is 1. The molecule has 0 amide bonds. The Hall–Kier alpha value is -1.91. The van der Waals surface area contributed by atoms with Crippen LogP contribution in [0.3, 0.4) is 0 Å². The summed E-state index contributed by atoms with van der Waals surface area (Å²) in [5, 5.41) is 12.9. The maximum Gasteiger partial charge on any atom is 0.303 e. The van der Waals surface area contributed by atoms with Gasteiger partial charge in [-0.1, -0.05) is 6.92 Å². The van der Waals surface area contributed by atoms with E-state index in [-0.39, 0.29) is 12.3 Å². The molecule has 0 aliphatic carbocycles. The van der Waals surface area contributed by atoms with E-state index in [4.69, 9.17) is 5.11 Å². The van der Waals surface area contributed by atoms with Crippen LogP contribution in [-0.2, 0) is 4.79 Å². The van der Waals surface area contributed by atoms with Gasteiger partial charge in [0.05, 0.1) is 6.42 Å². The lowest BCUT2D eigenvalue weighted by atomic mass is 9.99. The van der Waals surface area contributed by atoms with Gasteiger partial charge in [-0.2, -0.15) is 5.10 Å². The molecule has 2 heterocycles. The van der Waals surface area contributed by atoms with E-state index in [9.17, 15) is 4.79 Å². The average Bonchev–Trinajstić information content (AvgIpc) is 2.55. The summed E-state index contributed by atoms with van der Waals surface area (Å²) < 4.78 is 1.69. The maximum atomic E-state index is 10.6. The molecule has 0 aliphatic heterocycles. The quantitative estimate of drug-likeness (QED) is 0.851. The predicted octanol–water partition coefficient (Wildman–Crippen LogP) is 1.62. The summed E-state index contributed by atoms with van der Waals surface area (Å²) in [5.74, 6) is -0.0902. The molecular formula is C11H13N3O2. The summed E-state index contributed by atoms with van der Waals surface area (Å²) in [4.78, 5) is 14.9. The van der Waals surface area contributed by atoms with Gasteiger partial charge in [-0.3, -0.25) is 4.79 Å². The van der Waals surface area contributed by atoms with Gasteiger partial charge in [-0.05, 0) is 30.5 Å². The molecule has 0 saturated heterocycles. The van der Waals surface area contributed by atoms with Crippen molar-refractivity contribution in [1.29, 1.82) is 0 Å². The number of carboxylic acids is 1. The third kappa shape index (κ3) is 2.03. The first kappa shape index (κ1) is 10.6. The second-order valence-corrected chi connectivity index (χ2v) is 3.92. The van der Waals surface area contributed by atoms with Crippen molar-refractivity contribution in [2.45, 2.75) is 26.2 Å². The van der Waals surface area contributed by atoms with Gasteiger partial charge in [0, 0.05) is 6.20 Å². The number of carbonyl (C=O) groups is 1. The number of carboxylic acid groups (broad SMARTS) is 1. The molecule has 1 unspecified atom stereocenters. The lowest BCUT2D eigenvalue weighted by Gasteiger charge is -2.08. The number of pyridine rings is 1. The van der Waals surface area contributed by atoms with E-state index >= 15 is 0 Å². The Balaban J connectivity index is 2.34. The van der Waals surface area contributed by atoms with Crippen molar-refractivity contribution in [2.75, 3.05) is 0 Å². The summed E-state index contributed by atoms with van der Waals surface area (Å²) in [6.45, 7) is 3.72. The lowest BCUT2D eigenvalue weighted by Crippen LogP contribution is -2.03. The van der Waals surface area contributed by atoms with Gasteiger partial charge in [0.1, 0.15) is 5.82 Å². The SMILES string of the molecule is Cc1nc2cc(C(C)CC(=O)O)ccn2n1. The van der Waals surface area contributed by atoms with Gasteiger partial charge < -0.3 is 5.11 Å². The Morgan fingerprint density at radius 3 is 3.06 bits per heavy atom. The molecule has 2 aromatic rings. The van der Waals surface area contributed by atoms with E-state index in [0.29, 0.717) is 5.82 Å². The Bertz CT molecular complexity index is 533. The second-order valence-electron chi connectivity index (χ2n) is 3.92. The van der Waals surface area contributed by atoms with Crippen LogP contribution in [0.4, 0.5) is 0 Å². The van der Waals surface area contributed by atoms with Gasteiger partial charge in [0.2, 0.25) is 0 Å². The van der Waals surface area contributed by atoms with E-state index in [1.807, 2.05) is 32.2 Å². The van der Waals surface area contributed by atoms with Crippen LogP contribution >= 0.6 is 0 Å². The van der Waals surface area contributed by atoms with Crippen LogP contribution in [0, 0.1) is 6.92 Å². The van der Waals surface area contributed by atoms with Crippen molar-refractivity contribution >= 4 is 11.6 Å². The van der Waals surface area contributed by atoms with Crippen LogP contribution in [0.1, 0.15) is 30.7 Å². The highest BCUT2D eigenvalue weighted by Crippen LogP contribution is 2.19. The summed E-state index contributed by atoms with van der Waals surface area (Å²) in [5.41, 5.74) is 1.73. The van der Waals surface area contributed by atoms with Crippen LogP contribution in [0.5, 0.6) is 0 Å². The molecule has 2 aromatic heterocycles. The van der Waals surface area contributed by atoms with Gasteiger partial charge in [0.25, 0.3) is 0 Å². The highest BCUT2D eigenvalue weighted by atomic mass is 16.4. The summed E-state index contributed by atoms with van der Waals surface area (Å²) in [6, 6.07) is 3.77. The molecule has 0 fully saturated rings. The van der Waals surface area contributed by atoms with E-state index in [1.54, 1.807) is 4.52 Å². The van der Waals surface area contributed by atoms with Gasteiger partial charge in [0.15, 0.2) is 5.65 Å². The van der Waals surface area contributed by atoms with Gasteiger partial charge in [-0.25, -0.2) is 9.50 Å². The Labute approximate surface area is 92.7 Å². The summed E-state index contributed by atoms with van der Waals surface area (Å²) in [7, 11) is 0. The smallest absolute Gasteiger partial charge is 0.303 e. The van der Waals surface area contributed by atoms with Crippen LogP contribution in [0.15, 0.2) is 18.3 Å². The van der Waals surface area contributed by atoms with Crippen LogP contribution in [0.25, 0.3) is 5.65 Å². The number of nitrogens with zero attached hydrogens (tertiary/aromatic N) is 3.